The molecule has 1 fully saturated rings. The second-order valence-electron chi connectivity index (χ2n) is 16.0. The molecule has 3 aliphatic rings. The van der Waals surface area contributed by atoms with Crippen molar-refractivity contribution < 1.29 is 43.0 Å². The van der Waals surface area contributed by atoms with Crippen LogP contribution in [0.5, 0.6) is 23.0 Å². The average Bonchev–Trinajstić information content (AvgIpc) is 3.26. The second-order valence-corrected chi connectivity index (χ2v) is 16.0. The molecule has 328 valence electrons. The number of nitrogens with one attached hydrogen (secondary N) is 2. The molecule has 2 N–H and O–H groups in total. The lowest BCUT2D eigenvalue weighted by Crippen LogP contribution is -2.62. The van der Waals surface area contributed by atoms with E-state index in [0.717, 1.165) is 18.4 Å². The Morgan fingerprint density at radius 2 is 1.26 bits per heavy atom. The molecule has 6 atom stereocenters. The van der Waals surface area contributed by atoms with E-state index in [1.165, 1.54) is 54.8 Å². The number of carbonyl (C=O) groups is 6. The maximum Gasteiger partial charge on any atom is 0.246 e. The van der Waals surface area contributed by atoms with Gasteiger partial charge < -0.3 is 44.4 Å². The largest absolute Gasteiger partial charge is 0.497 e. The molecule has 6 bridgehead atoms. The van der Waals surface area contributed by atoms with Crippen molar-refractivity contribution in [1.82, 2.24) is 30.2 Å². The van der Waals surface area contributed by atoms with Crippen LogP contribution in [0.4, 0.5) is 0 Å². The number of unbranched alkanes of at least 4 members (excludes halogenated alkanes) is 2. The van der Waals surface area contributed by atoms with Gasteiger partial charge in [0.2, 0.25) is 35.4 Å². The van der Waals surface area contributed by atoms with Gasteiger partial charge in [0.05, 0.1) is 14.2 Å². The van der Waals surface area contributed by atoms with Gasteiger partial charge in [-0.15, -0.1) is 0 Å². The first-order valence-corrected chi connectivity index (χ1v) is 20.9. The summed E-state index contributed by atoms with van der Waals surface area (Å²) < 4.78 is 17.1. The van der Waals surface area contributed by atoms with Gasteiger partial charge in [0.25, 0.3) is 0 Å². The van der Waals surface area contributed by atoms with Crippen LogP contribution < -0.4 is 24.8 Å². The molecule has 6 rings (SSSR count). The molecule has 15 nitrogen and oxygen atoms in total. The van der Waals surface area contributed by atoms with E-state index in [1.54, 1.807) is 87.7 Å². The van der Waals surface area contributed by atoms with Gasteiger partial charge in [0.15, 0.2) is 11.5 Å². The van der Waals surface area contributed by atoms with Crippen LogP contribution in [0.1, 0.15) is 63.6 Å². The number of nitrogens with zero attached hydrogens (tertiary/aromatic N) is 4. The Kier molecular flexibility index (Phi) is 15.4. The quantitative estimate of drug-likeness (QED) is 0.322. The predicted molar refractivity (Wildman–Crippen MR) is 229 cm³/mol. The molecule has 0 saturated carbocycles. The third-order valence-corrected chi connectivity index (χ3v) is 11.7. The van der Waals surface area contributed by atoms with Crippen LogP contribution in [0.15, 0.2) is 66.7 Å². The van der Waals surface area contributed by atoms with Crippen molar-refractivity contribution >= 4 is 35.4 Å². The van der Waals surface area contributed by atoms with Crippen LogP contribution in [-0.2, 0) is 48.0 Å². The zero-order valence-electron chi connectivity index (χ0n) is 36.7. The summed E-state index contributed by atoms with van der Waals surface area (Å²) in [5.74, 6) is -1.30. The molecule has 0 aliphatic carbocycles. The molecule has 3 aromatic carbocycles. The highest BCUT2D eigenvalue weighted by Gasteiger charge is 2.40. The maximum atomic E-state index is 14.9. The second kappa shape index (κ2) is 20.4. The van der Waals surface area contributed by atoms with Crippen molar-refractivity contribution in [3.63, 3.8) is 0 Å². The number of rotatable bonds is 8. The van der Waals surface area contributed by atoms with E-state index in [4.69, 9.17) is 14.2 Å². The molecule has 61 heavy (non-hydrogen) atoms. The summed E-state index contributed by atoms with van der Waals surface area (Å²) in [4.78, 5) is 92.4. The number of ether oxygens (including phenoxy) is 3. The summed E-state index contributed by atoms with van der Waals surface area (Å²) >= 11 is 0. The van der Waals surface area contributed by atoms with Crippen LogP contribution in [-0.4, -0.2) is 133 Å². The fourth-order valence-corrected chi connectivity index (χ4v) is 7.83. The molecule has 0 radical (unpaired) electrons. The Bertz CT molecular complexity index is 2060. The standard InChI is InChI=1S/C46H60N6O9/c1-10-11-12-23-52-30(4)45(57)49(5)36(24-31-13-18-34(59-8)19-14-31)41(53)47-28(2)43(55)51(7)38-25-32-15-20-35(21-16-32)61-40-27-33(17-22-39(40)60-9)26-37(50(6)46(38)58)42(54)48-29(3)44(52)56/h13-22,27-30,36-38H,10-12,23-26H2,1-9H3,(H,47,53)(H,48,54)/t28-,29+,30-,36-,37-,38-/m0/s1. The highest BCUT2D eigenvalue weighted by atomic mass is 16.5. The first-order chi connectivity index (χ1) is 29.1. The molecule has 0 aromatic heterocycles. The van der Waals surface area contributed by atoms with E-state index >= 15 is 0 Å². The lowest BCUT2D eigenvalue weighted by atomic mass is 9.98. The summed E-state index contributed by atoms with van der Waals surface area (Å²) in [6, 6.07) is 12.8. The SMILES string of the molecule is CCCCCN1C(=O)[C@@H](C)NC(=O)[C@@H]2Cc3ccc(OC)c(c3)Oc3ccc(cc3)C[C@@H](C(=O)N2C)N(C)C(=O)[C@H](C)NC(=O)[C@H](Cc2ccc(OC)cc2)N(C)C(=O)[C@@H]1C. The van der Waals surface area contributed by atoms with Crippen molar-refractivity contribution in [3.8, 4) is 23.0 Å². The van der Waals surface area contributed by atoms with E-state index in [-0.39, 0.29) is 25.8 Å². The maximum absolute atomic E-state index is 14.9. The van der Waals surface area contributed by atoms with Crippen molar-refractivity contribution in [1.29, 1.82) is 0 Å². The zero-order valence-corrected chi connectivity index (χ0v) is 36.7. The van der Waals surface area contributed by atoms with Crippen molar-refractivity contribution in [2.24, 2.45) is 0 Å². The summed E-state index contributed by atoms with van der Waals surface area (Å²) in [6.07, 6.45) is 2.40. The minimum atomic E-state index is -1.16. The summed E-state index contributed by atoms with van der Waals surface area (Å²) in [5.41, 5.74) is 2.06. The number of fused-ring (bicyclic) bond motifs is 2. The molecular weight excluding hydrogens is 781 g/mol. The fraction of sp³-hybridized carbons (Fsp3) is 0.478. The Hall–Kier alpha value is -6.12. The van der Waals surface area contributed by atoms with Gasteiger partial charge in [-0.05, 0) is 80.3 Å². The van der Waals surface area contributed by atoms with Gasteiger partial charge in [0.1, 0.15) is 47.8 Å². The van der Waals surface area contributed by atoms with Crippen LogP contribution in [0.2, 0.25) is 0 Å². The minimum absolute atomic E-state index is 0.0131. The summed E-state index contributed by atoms with van der Waals surface area (Å²) in [5, 5.41) is 5.69. The number of likely N-dealkylation sites (N-methyl/N-ethyl adjacent to an activating group) is 3. The fourth-order valence-electron chi connectivity index (χ4n) is 7.83. The van der Waals surface area contributed by atoms with Crippen molar-refractivity contribution in [3.05, 3.63) is 83.4 Å². The molecule has 3 aliphatic heterocycles. The van der Waals surface area contributed by atoms with Crippen LogP contribution in [0.3, 0.4) is 0 Å². The van der Waals surface area contributed by atoms with E-state index < -0.39 is 71.7 Å². The smallest absolute Gasteiger partial charge is 0.246 e. The molecular formula is C46H60N6O9. The normalized spacial score (nSPS) is 23.5. The molecule has 6 amide bonds. The third-order valence-electron chi connectivity index (χ3n) is 11.7. The molecule has 0 spiro atoms. The Morgan fingerprint density at radius 1 is 0.656 bits per heavy atom. The number of hydrogen-bond acceptors (Lipinski definition) is 9. The lowest BCUT2D eigenvalue weighted by Gasteiger charge is -2.38. The monoisotopic (exact) mass is 840 g/mol. The molecule has 15 heteroatoms. The zero-order chi connectivity index (χ0) is 44.5. The topological polar surface area (TPSA) is 167 Å². The molecule has 0 unspecified atom stereocenters. The predicted octanol–water partition coefficient (Wildman–Crippen LogP) is 3.75. The number of amides is 6. The van der Waals surface area contributed by atoms with Gasteiger partial charge >= 0.3 is 0 Å². The van der Waals surface area contributed by atoms with Crippen LogP contribution >= 0.6 is 0 Å². The Balaban J connectivity index is 1.63. The number of carbonyl (C=O) groups excluding carboxylic acids is 6. The Labute approximate surface area is 358 Å². The van der Waals surface area contributed by atoms with Gasteiger partial charge in [-0.2, -0.15) is 0 Å². The van der Waals surface area contributed by atoms with Gasteiger partial charge in [0, 0.05) is 47.0 Å². The first kappa shape index (κ1) is 46.0. The van der Waals surface area contributed by atoms with Gasteiger partial charge in [-0.3, -0.25) is 28.8 Å². The van der Waals surface area contributed by atoms with Crippen LogP contribution in [0, 0.1) is 0 Å². The minimum Gasteiger partial charge on any atom is -0.497 e. The molecule has 3 aromatic rings. The highest BCUT2D eigenvalue weighted by Crippen LogP contribution is 2.34. The summed E-state index contributed by atoms with van der Waals surface area (Å²) in [7, 11) is 7.57. The van der Waals surface area contributed by atoms with Crippen LogP contribution in [0.25, 0.3) is 0 Å². The Morgan fingerprint density at radius 3 is 1.90 bits per heavy atom. The first-order valence-electron chi connectivity index (χ1n) is 20.9. The molecule has 3 heterocycles. The number of benzene rings is 3. The average molecular weight is 841 g/mol. The lowest BCUT2D eigenvalue weighted by molar-refractivity contribution is -0.151. The van der Waals surface area contributed by atoms with E-state index in [2.05, 4.69) is 10.6 Å². The number of hydrogen-bond donors (Lipinski definition) is 2. The van der Waals surface area contributed by atoms with E-state index in [9.17, 15) is 28.8 Å². The van der Waals surface area contributed by atoms with Crippen molar-refractivity contribution in [2.45, 2.75) is 102 Å². The van der Waals surface area contributed by atoms with E-state index in [0.29, 0.717) is 40.5 Å². The third kappa shape index (κ3) is 10.8. The number of methoxy groups -OCH3 is 2. The highest BCUT2D eigenvalue weighted by molar-refractivity contribution is 5.98. The van der Waals surface area contributed by atoms with Gasteiger partial charge in [-0.25, -0.2) is 0 Å². The summed E-state index contributed by atoms with van der Waals surface area (Å²) in [6.45, 7) is 6.94. The van der Waals surface area contributed by atoms with E-state index in [1.807, 2.05) is 6.92 Å². The van der Waals surface area contributed by atoms with Crippen molar-refractivity contribution in [2.75, 3.05) is 41.9 Å². The molecule has 1 saturated heterocycles. The van der Waals surface area contributed by atoms with Gasteiger partial charge in [-0.1, -0.05) is 50.1 Å².